The Morgan fingerprint density at radius 3 is 2.71 bits per heavy atom. The number of hydrogen-bond donors (Lipinski definition) is 2. The number of nitrogens with one attached hydrogen (secondary N) is 1. The van der Waals surface area contributed by atoms with E-state index in [9.17, 15) is 8.42 Å². The minimum atomic E-state index is -3.84. The maximum atomic E-state index is 11.1. The molecular weight excluding hydrogens is 355 g/mol. The van der Waals surface area contributed by atoms with E-state index in [1.165, 1.54) is 0 Å². The van der Waals surface area contributed by atoms with Gasteiger partial charge < -0.3 is 0 Å². The first-order valence-corrected chi connectivity index (χ1v) is 7.23. The zero-order chi connectivity index (χ0) is 12.6. The molecule has 0 radical (unpaired) electrons. The van der Waals surface area contributed by atoms with Crippen LogP contribution in [0.2, 0.25) is 0 Å². The van der Waals surface area contributed by atoms with Crippen LogP contribution < -0.4 is 5.14 Å². The third kappa shape index (κ3) is 2.48. The van der Waals surface area contributed by atoms with Crippen LogP contribution in [0.4, 0.5) is 0 Å². The SMILES string of the molecule is Cc1cccc(-c2n[nH]c(S(N)(=O)=O)n2)c1I. The Morgan fingerprint density at radius 2 is 2.12 bits per heavy atom. The second-order valence-electron chi connectivity index (χ2n) is 3.45. The van der Waals surface area contributed by atoms with Crippen molar-refractivity contribution in [1.82, 2.24) is 15.2 Å². The van der Waals surface area contributed by atoms with Crippen LogP contribution >= 0.6 is 22.6 Å². The predicted octanol–water partition coefficient (Wildman–Crippen LogP) is 1.03. The van der Waals surface area contributed by atoms with Gasteiger partial charge in [0, 0.05) is 9.13 Å². The third-order valence-corrected chi connectivity index (χ3v) is 4.32. The van der Waals surface area contributed by atoms with Gasteiger partial charge in [0.1, 0.15) is 0 Å². The molecule has 90 valence electrons. The molecule has 1 aromatic carbocycles. The van der Waals surface area contributed by atoms with E-state index in [2.05, 4.69) is 37.8 Å². The molecule has 0 fully saturated rings. The molecule has 0 spiro atoms. The number of sulfonamides is 1. The highest BCUT2D eigenvalue weighted by Gasteiger charge is 2.16. The molecule has 8 heteroatoms. The predicted molar refractivity (Wildman–Crippen MR) is 70.6 cm³/mol. The van der Waals surface area contributed by atoms with Crippen LogP contribution in [0.25, 0.3) is 11.4 Å². The summed E-state index contributed by atoms with van der Waals surface area (Å²) in [6.45, 7) is 1.96. The molecule has 0 bridgehead atoms. The van der Waals surface area contributed by atoms with Crippen molar-refractivity contribution in [2.75, 3.05) is 0 Å². The minimum absolute atomic E-state index is 0.321. The van der Waals surface area contributed by atoms with Crippen molar-refractivity contribution in [2.24, 2.45) is 5.14 Å². The molecule has 0 aliphatic heterocycles. The number of nitrogens with two attached hydrogens (primary N) is 1. The van der Waals surface area contributed by atoms with Crippen molar-refractivity contribution < 1.29 is 8.42 Å². The topological polar surface area (TPSA) is 102 Å². The Hall–Kier alpha value is -1.00. The lowest BCUT2D eigenvalue weighted by Crippen LogP contribution is -2.13. The highest BCUT2D eigenvalue weighted by atomic mass is 127. The van der Waals surface area contributed by atoms with Gasteiger partial charge in [-0.15, -0.1) is 0 Å². The van der Waals surface area contributed by atoms with Gasteiger partial charge in [0.25, 0.3) is 15.2 Å². The van der Waals surface area contributed by atoms with E-state index in [1.807, 2.05) is 25.1 Å². The Balaban J connectivity index is 2.55. The molecule has 0 unspecified atom stereocenters. The Bertz CT molecular complexity index is 665. The first-order valence-electron chi connectivity index (χ1n) is 4.60. The standard InChI is InChI=1S/C9H9IN4O2S/c1-5-3-2-4-6(7(5)10)8-12-9(14-13-8)17(11,15)16/h2-4H,1H3,(H2,11,15,16)(H,12,13,14). The molecule has 2 aromatic rings. The fourth-order valence-electron chi connectivity index (χ4n) is 1.31. The molecule has 0 aliphatic rings. The number of rotatable bonds is 2. The number of nitrogens with zero attached hydrogens (tertiary/aromatic N) is 2. The lowest BCUT2D eigenvalue weighted by molar-refractivity contribution is 0.589. The lowest BCUT2D eigenvalue weighted by Gasteiger charge is -2.02. The van der Waals surface area contributed by atoms with Crippen molar-refractivity contribution in [3.8, 4) is 11.4 Å². The minimum Gasteiger partial charge on any atom is -0.248 e. The average molecular weight is 364 g/mol. The fraction of sp³-hybridized carbons (Fsp3) is 0.111. The molecule has 3 N–H and O–H groups in total. The smallest absolute Gasteiger partial charge is 0.248 e. The van der Waals surface area contributed by atoms with Crippen LogP contribution in [-0.4, -0.2) is 23.6 Å². The molecule has 1 aromatic heterocycles. The van der Waals surface area contributed by atoms with E-state index >= 15 is 0 Å². The van der Waals surface area contributed by atoms with Crippen molar-refractivity contribution in [2.45, 2.75) is 12.1 Å². The van der Waals surface area contributed by atoms with E-state index in [4.69, 9.17) is 5.14 Å². The second kappa shape index (κ2) is 4.35. The van der Waals surface area contributed by atoms with Gasteiger partial charge in [0.2, 0.25) is 0 Å². The van der Waals surface area contributed by atoms with Crippen LogP contribution in [0.5, 0.6) is 0 Å². The molecule has 2 rings (SSSR count). The molecule has 0 saturated carbocycles. The van der Waals surface area contributed by atoms with Crippen molar-refractivity contribution in [3.63, 3.8) is 0 Å². The first-order chi connectivity index (χ1) is 7.89. The summed E-state index contributed by atoms with van der Waals surface area (Å²) in [6, 6.07) is 5.64. The number of primary sulfonamides is 1. The van der Waals surface area contributed by atoms with E-state index in [-0.39, 0.29) is 5.16 Å². The zero-order valence-corrected chi connectivity index (χ0v) is 11.8. The van der Waals surface area contributed by atoms with Crippen LogP contribution in [0, 0.1) is 10.5 Å². The largest absolute Gasteiger partial charge is 0.273 e. The molecule has 0 aliphatic carbocycles. The Kier molecular flexibility index (Phi) is 3.19. The van der Waals surface area contributed by atoms with Crippen molar-refractivity contribution in [1.29, 1.82) is 0 Å². The van der Waals surface area contributed by atoms with Gasteiger partial charge in [-0.3, -0.25) is 0 Å². The molecule has 1 heterocycles. The maximum absolute atomic E-state index is 11.1. The summed E-state index contributed by atoms with van der Waals surface area (Å²) >= 11 is 2.16. The number of H-pyrrole nitrogens is 1. The van der Waals surface area contributed by atoms with E-state index in [0.29, 0.717) is 5.82 Å². The van der Waals surface area contributed by atoms with Gasteiger partial charge in [-0.05, 0) is 35.1 Å². The van der Waals surface area contributed by atoms with Crippen molar-refractivity contribution >= 4 is 32.6 Å². The van der Waals surface area contributed by atoms with Gasteiger partial charge in [-0.25, -0.2) is 18.7 Å². The monoisotopic (exact) mass is 364 g/mol. The number of aromatic nitrogens is 3. The summed E-state index contributed by atoms with van der Waals surface area (Å²) in [5.74, 6) is 0.321. The van der Waals surface area contributed by atoms with Crippen LogP contribution in [0.3, 0.4) is 0 Å². The van der Waals surface area contributed by atoms with E-state index in [1.54, 1.807) is 0 Å². The third-order valence-electron chi connectivity index (χ3n) is 2.17. The van der Waals surface area contributed by atoms with Crippen molar-refractivity contribution in [3.05, 3.63) is 27.3 Å². The number of aryl methyl sites for hydroxylation is 1. The Morgan fingerprint density at radius 1 is 1.41 bits per heavy atom. The zero-order valence-electron chi connectivity index (χ0n) is 8.81. The normalized spacial score (nSPS) is 11.7. The lowest BCUT2D eigenvalue weighted by atomic mass is 10.1. The van der Waals surface area contributed by atoms with E-state index < -0.39 is 10.0 Å². The van der Waals surface area contributed by atoms with Gasteiger partial charge in [-0.1, -0.05) is 18.2 Å². The number of benzene rings is 1. The quantitative estimate of drug-likeness (QED) is 0.778. The van der Waals surface area contributed by atoms with Gasteiger partial charge in [0.05, 0.1) is 0 Å². The summed E-state index contributed by atoms with van der Waals surface area (Å²) < 4.78 is 23.1. The molecule has 6 nitrogen and oxygen atoms in total. The first kappa shape index (κ1) is 12.5. The molecule has 0 atom stereocenters. The van der Waals surface area contributed by atoms with Crippen LogP contribution in [0.1, 0.15) is 5.56 Å². The molecule has 0 saturated heterocycles. The fourth-order valence-corrected chi connectivity index (χ4v) is 2.30. The highest BCUT2D eigenvalue weighted by Crippen LogP contribution is 2.24. The average Bonchev–Trinajstić information content (AvgIpc) is 2.70. The number of halogens is 1. The molecule has 17 heavy (non-hydrogen) atoms. The van der Waals surface area contributed by atoms with Gasteiger partial charge in [-0.2, -0.15) is 10.1 Å². The summed E-state index contributed by atoms with van der Waals surface area (Å²) in [5, 5.41) is 10.8. The van der Waals surface area contributed by atoms with Gasteiger partial charge >= 0.3 is 0 Å². The summed E-state index contributed by atoms with van der Waals surface area (Å²) in [7, 11) is -3.84. The van der Waals surface area contributed by atoms with E-state index in [0.717, 1.165) is 14.7 Å². The van der Waals surface area contributed by atoms with Gasteiger partial charge in [0.15, 0.2) is 5.82 Å². The summed E-state index contributed by atoms with van der Waals surface area (Å²) in [4.78, 5) is 3.87. The van der Waals surface area contributed by atoms with Crippen LogP contribution in [-0.2, 0) is 10.0 Å². The number of hydrogen-bond acceptors (Lipinski definition) is 4. The highest BCUT2D eigenvalue weighted by molar-refractivity contribution is 14.1. The summed E-state index contributed by atoms with van der Waals surface area (Å²) in [5.41, 5.74) is 1.85. The second-order valence-corrected chi connectivity index (χ2v) is 6.00. The van der Waals surface area contributed by atoms with Crippen LogP contribution in [0.15, 0.2) is 23.4 Å². The number of aromatic amines is 1. The maximum Gasteiger partial charge on any atom is 0.273 e. The molecule has 0 amide bonds. The summed E-state index contributed by atoms with van der Waals surface area (Å²) in [6.07, 6.45) is 0. The Labute approximate surface area is 112 Å². The molecular formula is C9H9IN4O2S.